The average Bonchev–Trinajstić information content (AvgIpc) is 2.35. The molecule has 2 aromatic rings. The number of nitrogens with two attached hydrogens (primary N) is 1. The van der Waals surface area contributed by atoms with Crippen LogP contribution in [0.25, 0.3) is 0 Å². The summed E-state index contributed by atoms with van der Waals surface area (Å²) in [4.78, 5) is 1.53. The van der Waals surface area contributed by atoms with Crippen LogP contribution in [0, 0.1) is 18.6 Å². The van der Waals surface area contributed by atoms with Gasteiger partial charge in [-0.15, -0.1) is 0 Å². The van der Waals surface area contributed by atoms with Gasteiger partial charge in [-0.05, 0) is 31.2 Å². The smallest absolute Gasteiger partial charge is 0.184 e. The molecule has 0 aliphatic carbocycles. The Labute approximate surface area is 105 Å². The fourth-order valence-corrected chi connectivity index (χ4v) is 1.79. The molecule has 0 bridgehead atoms. The molecule has 0 unspecified atom stereocenters. The molecule has 18 heavy (non-hydrogen) atoms. The summed E-state index contributed by atoms with van der Waals surface area (Å²) in [7, 11) is 1.65. The number of benzene rings is 2. The molecule has 2 N–H and O–H groups in total. The number of hydrogen-bond donors (Lipinski definition) is 1. The summed E-state index contributed by atoms with van der Waals surface area (Å²) in [6, 6.07) is 9.85. The van der Waals surface area contributed by atoms with Gasteiger partial charge in [0.05, 0.1) is 5.69 Å². The highest BCUT2D eigenvalue weighted by Crippen LogP contribution is 2.32. The SMILES string of the molecule is Cc1ccc(N(C)c2c(N)ccc(F)c2F)cc1. The lowest BCUT2D eigenvalue weighted by Crippen LogP contribution is -2.14. The Bertz CT molecular complexity index is 565. The number of nitrogens with zero attached hydrogens (tertiary/aromatic N) is 1. The largest absolute Gasteiger partial charge is 0.397 e. The maximum absolute atomic E-state index is 13.8. The normalized spacial score (nSPS) is 10.4. The number of aryl methyl sites for hydroxylation is 1. The Morgan fingerprint density at radius 1 is 1.00 bits per heavy atom. The van der Waals surface area contributed by atoms with Crippen LogP contribution in [0.4, 0.5) is 25.8 Å². The summed E-state index contributed by atoms with van der Waals surface area (Å²) in [6.45, 7) is 1.96. The van der Waals surface area contributed by atoms with Gasteiger partial charge in [-0.1, -0.05) is 17.7 Å². The fraction of sp³-hybridized carbons (Fsp3) is 0.143. The lowest BCUT2D eigenvalue weighted by molar-refractivity contribution is 0.510. The Hall–Kier alpha value is -2.10. The van der Waals surface area contributed by atoms with E-state index in [0.29, 0.717) is 0 Å². The summed E-state index contributed by atoms with van der Waals surface area (Å²) in [5.41, 5.74) is 7.81. The molecule has 0 aliphatic rings. The van der Waals surface area contributed by atoms with Crippen molar-refractivity contribution in [2.45, 2.75) is 6.92 Å². The van der Waals surface area contributed by atoms with Gasteiger partial charge in [0.15, 0.2) is 11.6 Å². The summed E-state index contributed by atoms with van der Waals surface area (Å²) in [6.07, 6.45) is 0. The van der Waals surface area contributed by atoms with Crippen LogP contribution in [0.3, 0.4) is 0 Å². The zero-order valence-electron chi connectivity index (χ0n) is 10.2. The second-order valence-corrected chi connectivity index (χ2v) is 4.19. The second kappa shape index (κ2) is 4.64. The molecular weight excluding hydrogens is 234 g/mol. The average molecular weight is 248 g/mol. The molecule has 2 aromatic carbocycles. The van der Waals surface area contributed by atoms with Crippen molar-refractivity contribution in [3.05, 3.63) is 53.6 Å². The highest BCUT2D eigenvalue weighted by molar-refractivity contribution is 5.75. The first-order valence-electron chi connectivity index (χ1n) is 5.54. The molecule has 4 heteroatoms. The van der Waals surface area contributed by atoms with E-state index in [9.17, 15) is 8.78 Å². The first-order valence-corrected chi connectivity index (χ1v) is 5.54. The van der Waals surface area contributed by atoms with Crippen molar-refractivity contribution < 1.29 is 8.78 Å². The van der Waals surface area contributed by atoms with Gasteiger partial charge in [0.1, 0.15) is 5.69 Å². The molecule has 0 fully saturated rings. The van der Waals surface area contributed by atoms with E-state index in [1.54, 1.807) is 7.05 Å². The second-order valence-electron chi connectivity index (χ2n) is 4.19. The Morgan fingerprint density at radius 3 is 2.22 bits per heavy atom. The van der Waals surface area contributed by atoms with Gasteiger partial charge in [-0.3, -0.25) is 0 Å². The third kappa shape index (κ3) is 2.14. The Balaban J connectivity index is 2.49. The Morgan fingerprint density at radius 2 is 1.61 bits per heavy atom. The quantitative estimate of drug-likeness (QED) is 0.822. The van der Waals surface area contributed by atoms with Gasteiger partial charge in [-0.2, -0.15) is 0 Å². The Kier molecular flexibility index (Phi) is 3.19. The van der Waals surface area contributed by atoms with Crippen LogP contribution in [0.2, 0.25) is 0 Å². The minimum atomic E-state index is -0.932. The van der Waals surface area contributed by atoms with Crippen LogP contribution >= 0.6 is 0 Å². The molecule has 0 amide bonds. The fourth-order valence-electron chi connectivity index (χ4n) is 1.79. The lowest BCUT2D eigenvalue weighted by Gasteiger charge is -2.22. The maximum atomic E-state index is 13.8. The van der Waals surface area contributed by atoms with Crippen LogP contribution in [-0.4, -0.2) is 7.05 Å². The molecule has 0 aliphatic heterocycles. The van der Waals surface area contributed by atoms with Gasteiger partial charge >= 0.3 is 0 Å². The minimum absolute atomic E-state index is 0.0545. The molecule has 0 heterocycles. The highest BCUT2D eigenvalue weighted by Gasteiger charge is 2.16. The third-order valence-corrected chi connectivity index (χ3v) is 2.86. The summed E-state index contributed by atoms with van der Waals surface area (Å²) in [5.74, 6) is -1.84. The molecule has 0 saturated heterocycles. The standard InChI is InChI=1S/C14H14F2N2/c1-9-3-5-10(6-4-9)18(2)14-12(17)8-7-11(15)13(14)16/h3-8H,17H2,1-2H3. The topological polar surface area (TPSA) is 29.3 Å². The van der Waals surface area contributed by atoms with Gasteiger partial charge in [-0.25, -0.2) is 8.78 Å². The van der Waals surface area contributed by atoms with Crippen molar-refractivity contribution in [3.63, 3.8) is 0 Å². The van der Waals surface area contributed by atoms with Crippen molar-refractivity contribution in [2.24, 2.45) is 0 Å². The molecule has 2 nitrogen and oxygen atoms in total. The molecule has 0 spiro atoms. The van der Waals surface area contributed by atoms with Crippen molar-refractivity contribution >= 4 is 17.1 Å². The van der Waals surface area contributed by atoms with E-state index in [-0.39, 0.29) is 11.4 Å². The van der Waals surface area contributed by atoms with Crippen LogP contribution in [0.5, 0.6) is 0 Å². The number of halogens is 2. The predicted molar refractivity (Wildman–Crippen MR) is 70.0 cm³/mol. The first kappa shape index (κ1) is 12.4. The van der Waals surface area contributed by atoms with Crippen molar-refractivity contribution in [3.8, 4) is 0 Å². The maximum Gasteiger partial charge on any atom is 0.184 e. The molecule has 2 rings (SSSR count). The van der Waals surface area contributed by atoms with E-state index in [0.717, 1.165) is 17.3 Å². The summed E-state index contributed by atoms with van der Waals surface area (Å²) < 4.78 is 27.0. The monoisotopic (exact) mass is 248 g/mol. The van der Waals surface area contributed by atoms with Crippen LogP contribution in [-0.2, 0) is 0 Å². The summed E-state index contributed by atoms with van der Waals surface area (Å²) >= 11 is 0. The molecule has 0 saturated carbocycles. The molecular formula is C14H14F2N2. The van der Waals surface area contributed by atoms with E-state index in [4.69, 9.17) is 5.73 Å². The van der Waals surface area contributed by atoms with Crippen LogP contribution in [0.1, 0.15) is 5.56 Å². The third-order valence-electron chi connectivity index (χ3n) is 2.86. The van der Waals surface area contributed by atoms with Crippen molar-refractivity contribution in [1.29, 1.82) is 0 Å². The van der Waals surface area contributed by atoms with Gasteiger partial charge in [0.2, 0.25) is 0 Å². The van der Waals surface area contributed by atoms with Gasteiger partial charge < -0.3 is 10.6 Å². The highest BCUT2D eigenvalue weighted by atomic mass is 19.2. The van der Waals surface area contributed by atoms with Crippen LogP contribution in [0.15, 0.2) is 36.4 Å². The lowest BCUT2D eigenvalue weighted by atomic mass is 10.2. The van der Waals surface area contributed by atoms with Gasteiger partial charge in [0, 0.05) is 12.7 Å². The van der Waals surface area contributed by atoms with Crippen LogP contribution < -0.4 is 10.6 Å². The zero-order chi connectivity index (χ0) is 13.3. The number of hydrogen-bond acceptors (Lipinski definition) is 2. The number of anilines is 3. The molecule has 0 aromatic heterocycles. The van der Waals surface area contributed by atoms with E-state index in [1.807, 2.05) is 31.2 Å². The molecule has 0 atom stereocenters. The number of rotatable bonds is 2. The van der Waals surface area contributed by atoms with Gasteiger partial charge in [0.25, 0.3) is 0 Å². The first-order chi connectivity index (χ1) is 8.50. The van der Waals surface area contributed by atoms with E-state index >= 15 is 0 Å². The minimum Gasteiger partial charge on any atom is -0.397 e. The predicted octanol–water partition coefficient (Wildman–Crippen LogP) is 3.62. The van der Waals surface area contributed by atoms with E-state index in [1.165, 1.54) is 11.0 Å². The van der Waals surface area contributed by atoms with E-state index in [2.05, 4.69) is 0 Å². The summed E-state index contributed by atoms with van der Waals surface area (Å²) in [5, 5.41) is 0. The van der Waals surface area contributed by atoms with Crippen molar-refractivity contribution in [2.75, 3.05) is 17.7 Å². The zero-order valence-corrected chi connectivity index (χ0v) is 10.2. The van der Waals surface area contributed by atoms with Crippen molar-refractivity contribution in [1.82, 2.24) is 0 Å². The van der Waals surface area contributed by atoms with E-state index < -0.39 is 11.6 Å². The number of nitrogen functional groups attached to an aromatic ring is 1. The molecule has 94 valence electrons. The molecule has 0 radical (unpaired) electrons.